The fraction of sp³-hybridized carbons (Fsp3) is 0.357. The van der Waals surface area contributed by atoms with Gasteiger partial charge in [-0.25, -0.2) is 0 Å². The highest BCUT2D eigenvalue weighted by atomic mass is 16.4. The van der Waals surface area contributed by atoms with E-state index >= 15 is 0 Å². The van der Waals surface area contributed by atoms with Crippen LogP contribution in [-0.4, -0.2) is 31.2 Å². The quantitative estimate of drug-likeness (QED) is 0.801. The van der Waals surface area contributed by atoms with E-state index in [1.165, 1.54) is 0 Å². The second-order valence-corrected chi connectivity index (χ2v) is 4.64. The van der Waals surface area contributed by atoms with Gasteiger partial charge in [0, 0.05) is 19.2 Å². The number of carbonyl (C=O) groups is 1. The maximum absolute atomic E-state index is 10.4. The molecule has 0 aliphatic rings. The number of hydrogen-bond acceptors (Lipinski definition) is 4. The highest BCUT2D eigenvalue weighted by Crippen LogP contribution is 2.11. The molecule has 0 atom stereocenters. The Morgan fingerprint density at radius 2 is 1.95 bits per heavy atom. The van der Waals surface area contributed by atoms with Crippen LogP contribution in [0.2, 0.25) is 0 Å². The summed E-state index contributed by atoms with van der Waals surface area (Å²) in [5.41, 5.74) is 2.01. The standard InChI is InChI=1S/C14H17N3O3/c18-13-7-4-11(5-8-13)3-6-12-10-17(16-15-12)9-1-2-14(19)20/h4-5,7-8,10,18H,1-3,6,9H2,(H,19,20). The zero-order valence-electron chi connectivity index (χ0n) is 11.1. The highest BCUT2D eigenvalue weighted by molar-refractivity contribution is 5.66. The van der Waals surface area contributed by atoms with E-state index in [0.29, 0.717) is 13.0 Å². The van der Waals surface area contributed by atoms with E-state index in [1.807, 2.05) is 18.3 Å². The summed E-state index contributed by atoms with van der Waals surface area (Å²) in [5.74, 6) is -0.532. The SMILES string of the molecule is O=C(O)CCCn1cc(CCc2ccc(O)cc2)nn1. The Labute approximate surface area is 116 Å². The Hall–Kier alpha value is -2.37. The van der Waals surface area contributed by atoms with E-state index in [-0.39, 0.29) is 12.2 Å². The topological polar surface area (TPSA) is 88.2 Å². The molecule has 0 radical (unpaired) electrons. The molecule has 106 valence electrons. The summed E-state index contributed by atoms with van der Waals surface area (Å²) >= 11 is 0. The van der Waals surface area contributed by atoms with Crippen LogP contribution in [0, 0.1) is 0 Å². The zero-order valence-corrected chi connectivity index (χ0v) is 11.1. The van der Waals surface area contributed by atoms with Gasteiger partial charge in [-0.1, -0.05) is 17.3 Å². The molecule has 0 saturated heterocycles. The molecule has 2 N–H and O–H groups in total. The Bertz CT molecular complexity index is 563. The molecule has 2 aromatic rings. The molecule has 20 heavy (non-hydrogen) atoms. The van der Waals surface area contributed by atoms with Gasteiger partial charge in [0.2, 0.25) is 0 Å². The van der Waals surface area contributed by atoms with E-state index in [1.54, 1.807) is 16.8 Å². The van der Waals surface area contributed by atoms with Crippen LogP contribution in [0.25, 0.3) is 0 Å². The molecule has 0 fully saturated rings. The van der Waals surface area contributed by atoms with Crippen molar-refractivity contribution < 1.29 is 15.0 Å². The molecule has 6 heteroatoms. The van der Waals surface area contributed by atoms with Gasteiger partial charge < -0.3 is 10.2 Å². The number of phenolic OH excluding ortho intramolecular Hbond substituents is 1. The lowest BCUT2D eigenvalue weighted by Crippen LogP contribution is -2.02. The van der Waals surface area contributed by atoms with Crippen molar-refractivity contribution in [2.24, 2.45) is 0 Å². The second-order valence-electron chi connectivity index (χ2n) is 4.64. The normalized spacial score (nSPS) is 10.6. The van der Waals surface area contributed by atoms with Crippen molar-refractivity contribution in [3.05, 3.63) is 41.7 Å². The number of nitrogens with zero attached hydrogens (tertiary/aromatic N) is 3. The molecule has 1 aromatic carbocycles. The minimum absolute atomic E-state index is 0.142. The van der Waals surface area contributed by atoms with Gasteiger partial charge in [-0.05, 0) is 37.0 Å². The van der Waals surface area contributed by atoms with Crippen LogP contribution in [0.15, 0.2) is 30.5 Å². The highest BCUT2D eigenvalue weighted by Gasteiger charge is 2.03. The van der Waals surface area contributed by atoms with Crippen molar-refractivity contribution in [2.45, 2.75) is 32.2 Å². The van der Waals surface area contributed by atoms with Crippen LogP contribution < -0.4 is 0 Å². The van der Waals surface area contributed by atoms with Gasteiger partial charge in [0.1, 0.15) is 5.75 Å². The molecule has 0 spiro atoms. The first-order chi connectivity index (χ1) is 9.63. The number of hydrogen-bond donors (Lipinski definition) is 2. The summed E-state index contributed by atoms with van der Waals surface area (Å²) in [4.78, 5) is 10.4. The van der Waals surface area contributed by atoms with Gasteiger partial charge in [-0.15, -0.1) is 5.10 Å². The minimum Gasteiger partial charge on any atom is -0.508 e. The monoisotopic (exact) mass is 275 g/mol. The molecule has 0 saturated carbocycles. The molecule has 0 unspecified atom stereocenters. The molecule has 0 aliphatic heterocycles. The largest absolute Gasteiger partial charge is 0.508 e. The maximum Gasteiger partial charge on any atom is 0.303 e. The number of aromatic hydroxyl groups is 1. The maximum atomic E-state index is 10.4. The number of phenols is 1. The van der Waals surface area contributed by atoms with Gasteiger partial charge in [0.25, 0.3) is 0 Å². The smallest absolute Gasteiger partial charge is 0.303 e. The lowest BCUT2D eigenvalue weighted by atomic mass is 10.1. The summed E-state index contributed by atoms with van der Waals surface area (Å²) in [6.07, 6.45) is 4.14. The predicted molar refractivity (Wildman–Crippen MR) is 72.4 cm³/mol. The van der Waals surface area contributed by atoms with Crippen molar-refractivity contribution in [3.63, 3.8) is 0 Å². The first-order valence-electron chi connectivity index (χ1n) is 6.52. The van der Waals surface area contributed by atoms with Crippen LogP contribution in [0.5, 0.6) is 5.75 Å². The van der Waals surface area contributed by atoms with Gasteiger partial charge in [-0.2, -0.15) is 0 Å². The van der Waals surface area contributed by atoms with E-state index < -0.39 is 5.97 Å². The van der Waals surface area contributed by atoms with E-state index in [4.69, 9.17) is 5.11 Å². The third kappa shape index (κ3) is 4.38. The van der Waals surface area contributed by atoms with Crippen molar-refractivity contribution in [2.75, 3.05) is 0 Å². The van der Waals surface area contributed by atoms with Crippen LogP contribution in [0.3, 0.4) is 0 Å². The summed E-state index contributed by atoms with van der Waals surface area (Å²) in [6, 6.07) is 7.09. The van der Waals surface area contributed by atoms with Crippen LogP contribution >= 0.6 is 0 Å². The Balaban J connectivity index is 1.80. The number of carboxylic acids is 1. The molecule has 0 amide bonds. The number of rotatable bonds is 7. The van der Waals surface area contributed by atoms with Gasteiger partial charge in [0.15, 0.2) is 0 Å². The molecular weight excluding hydrogens is 258 g/mol. The van der Waals surface area contributed by atoms with Crippen molar-refractivity contribution in [1.82, 2.24) is 15.0 Å². The number of aromatic nitrogens is 3. The average molecular weight is 275 g/mol. The molecule has 1 heterocycles. The molecule has 6 nitrogen and oxygen atoms in total. The van der Waals surface area contributed by atoms with Crippen LogP contribution in [-0.2, 0) is 24.2 Å². The Kier molecular flexibility index (Phi) is 4.70. The number of carboxylic acid groups (broad SMARTS) is 1. The Morgan fingerprint density at radius 1 is 1.20 bits per heavy atom. The third-order valence-corrected chi connectivity index (χ3v) is 2.97. The third-order valence-electron chi connectivity index (χ3n) is 2.97. The lowest BCUT2D eigenvalue weighted by molar-refractivity contribution is -0.137. The molecule has 1 aromatic heterocycles. The molecule has 0 aliphatic carbocycles. The average Bonchev–Trinajstić information content (AvgIpc) is 2.86. The molecule has 0 bridgehead atoms. The summed E-state index contributed by atoms with van der Waals surface area (Å²) in [7, 11) is 0. The van der Waals surface area contributed by atoms with E-state index in [0.717, 1.165) is 24.1 Å². The fourth-order valence-corrected chi connectivity index (χ4v) is 1.89. The zero-order chi connectivity index (χ0) is 14.4. The second kappa shape index (κ2) is 6.70. The number of aryl methyl sites for hydroxylation is 3. The fourth-order valence-electron chi connectivity index (χ4n) is 1.89. The van der Waals surface area contributed by atoms with Gasteiger partial charge in [-0.3, -0.25) is 9.48 Å². The van der Waals surface area contributed by atoms with Crippen molar-refractivity contribution in [3.8, 4) is 5.75 Å². The first-order valence-corrected chi connectivity index (χ1v) is 6.52. The summed E-state index contributed by atoms with van der Waals surface area (Å²) in [5, 5.41) is 25.8. The van der Waals surface area contributed by atoms with Crippen LogP contribution in [0.4, 0.5) is 0 Å². The molecule has 2 rings (SSSR count). The Morgan fingerprint density at radius 3 is 2.65 bits per heavy atom. The number of aliphatic carboxylic acids is 1. The lowest BCUT2D eigenvalue weighted by Gasteiger charge is -1.99. The van der Waals surface area contributed by atoms with Gasteiger partial charge >= 0.3 is 5.97 Å². The van der Waals surface area contributed by atoms with Crippen LogP contribution in [0.1, 0.15) is 24.1 Å². The number of benzene rings is 1. The molecular formula is C14H17N3O3. The van der Waals surface area contributed by atoms with E-state index in [2.05, 4.69) is 10.3 Å². The summed E-state index contributed by atoms with van der Waals surface area (Å²) < 4.78 is 1.68. The van der Waals surface area contributed by atoms with E-state index in [9.17, 15) is 9.90 Å². The minimum atomic E-state index is -0.794. The van der Waals surface area contributed by atoms with Crippen molar-refractivity contribution >= 4 is 5.97 Å². The first kappa shape index (κ1) is 14.0. The predicted octanol–water partition coefficient (Wildman–Crippen LogP) is 1.63. The van der Waals surface area contributed by atoms with Crippen molar-refractivity contribution in [1.29, 1.82) is 0 Å². The summed E-state index contributed by atoms with van der Waals surface area (Å²) in [6.45, 7) is 0.568. The van der Waals surface area contributed by atoms with Gasteiger partial charge in [0.05, 0.1) is 5.69 Å².